The Hall–Kier alpha value is -3.65. The van der Waals surface area contributed by atoms with Gasteiger partial charge in [-0.25, -0.2) is 0 Å². The molecule has 0 radical (unpaired) electrons. The minimum Gasteiger partial charge on any atom is -0.481 e. The third kappa shape index (κ3) is 6.37. The van der Waals surface area contributed by atoms with Gasteiger partial charge in [-0.15, -0.1) is 0 Å². The van der Waals surface area contributed by atoms with Crippen molar-refractivity contribution in [3.05, 3.63) is 70.9 Å². The number of fused-ring (bicyclic) bond motifs is 6. The minimum atomic E-state index is -0.649. The zero-order chi connectivity index (χ0) is 35.2. The Morgan fingerprint density at radius 1 is 0.980 bits per heavy atom. The second kappa shape index (κ2) is 13.8. The molecule has 4 aliphatic carbocycles. The van der Waals surface area contributed by atoms with E-state index in [1.165, 1.54) is 57.8 Å². The van der Waals surface area contributed by atoms with E-state index in [9.17, 15) is 14.7 Å². The highest BCUT2D eigenvalue weighted by Gasteiger charge is 2.60. The van der Waals surface area contributed by atoms with Crippen molar-refractivity contribution in [2.45, 2.75) is 112 Å². The number of nitrogens with one attached hydrogen (secondary N) is 1. The van der Waals surface area contributed by atoms with Gasteiger partial charge in [-0.1, -0.05) is 62.9 Å². The molecule has 1 heterocycles. The van der Waals surface area contributed by atoms with Crippen molar-refractivity contribution in [3.8, 4) is 11.8 Å². The number of rotatable bonds is 8. The zero-order valence-corrected chi connectivity index (χ0v) is 30.9. The van der Waals surface area contributed by atoms with Crippen LogP contribution in [0.25, 0.3) is 10.9 Å². The van der Waals surface area contributed by atoms with E-state index in [0.717, 1.165) is 63.5 Å². The lowest BCUT2D eigenvalue weighted by atomic mass is 9.44. The first-order valence-electron chi connectivity index (χ1n) is 19.4. The quantitative estimate of drug-likeness (QED) is 0.184. The highest BCUT2D eigenvalue weighted by Crippen LogP contribution is 2.68. The number of benzene rings is 2. The first-order valence-corrected chi connectivity index (χ1v) is 19.4. The molecule has 7 rings (SSSR count). The smallest absolute Gasteiger partial charge is 0.303 e. The number of hydrogen-bond acceptors (Lipinski definition) is 4. The number of carbonyl (C=O) groups excluding carboxylic acids is 1. The Balaban J connectivity index is 1.00. The molecule has 264 valence electrons. The summed E-state index contributed by atoms with van der Waals surface area (Å²) in [7, 11) is 0. The highest BCUT2D eigenvalue weighted by molar-refractivity contribution is 6.08. The van der Waals surface area contributed by atoms with E-state index < -0.39 is 5.97 Å². The van der Waals surface area contributed by atoms with E-state index >= 15 is 0 Å². The van der Waals surface area contributed by atoms with Gasteiger partial charge in [0, 0.05) is 29.8 Å². The lowest BCUT2D eigenvalue weighted by Gasteiger charge is -2.61. The number of carboxylic acid groups (broad SMARTS) is 1. The predicted molar refractivity (Wildman–Crippen MR) is 202 cm³/mol. The first-order chi connectivity index (χ1) is 24.0. The summed E-state index contributed by atoms with van der Waals surface area (Å²) >= 11 is 0. The van der Waals surface area contributed by atoms with Gasteiger partial charge < -0.3 is 10.4 Å². The standard InChI is InChI=1S/C45H56N2O3/c1-28(13-20-41(49)50)37-18-19-38-35-17-16-34-26-32(21-23-44(34,4)39(35)22-24-45(37,38)5)15-14-31-9-8-10-33(25-31)27-46-43-36-11-6-7-12-40(36)47-29(2)42(43)30(3)48/h6-12,25,28,32,34-35,37-39H,13,16-24,26-27H2,1-5H3,(H,46,47)(H,49,50)/t28-,32?,34?,35?,37?,38?,39?,44?,45?/m1/s1. The molecule has 0 aliphatic heterocycles. The number of para-hydroxylation sites is 1. The molecule has 0 amide bonds. The molecule has 5 nitrogen and oxygen atoms in total. The molecule has 0 saturated heterocycles. The van der Waals surface area contributed by atoms with E-state index in [1.807, 2.05) is 31.2 Å². The van der Waals surface area contributed by atoms with Crippen molar-refractivity contribution in [3.63, 3.8) is 0 Å². The molecule has 4 fully saturated rings. The van der Waals surface area contributed by atoms with Crippen molar-refractivity contribution < 1.29 is 14.7 Å². The number of nitrogens with zero attached hydrogens (tertiary/aromatic N) is 1. The molecule has 9 atom stereocenters. The number of anilines is 1. The lowest BCUT2D eigenvalue weighted by molar-refractivity contribution is -0.137. The van der Waals surface area contributed by atoms with Crippen molar-refractivity contribution in [2.24, 2.45) is 52.3 Å². The van der Waals surface area contributed by atoms with Crippen LogP contribution in [0.4, 0.5) is 5.69 Å². The molecule has 3 aromatic rings. The van der Waals surface area contributed by atoms with E-state index in [-0.39, 0.29) is 5.78 Å². The maximum Gasteiger partial charge on any atom is 0.303 e. The molecular formula is C45H56N2O3. The second-order valence-electron chi connectivity index (χ2n) is 17.1. The summed E-state index contributed by atoms with van der Waals surface area (Å²) in [6, 6.07) is 16.5. The maximum atomic E-state index is 12.6. The Kier molecular flexibility index (Phi) is 9.61. The van der Waals surface area contributed by atoms with Gasteiger partial charge in [0.2, 0.25) is 0 Å². The molecule has 5 heteroatoms. The molecule has 50 heavy (non-hydrogen) atoms. The largest absolute Gasteiger partial charge is 0.481 e. The molecule has 4 saturated carbocycles. The van der Waals surface area contributed by atoms with Crippen LogP contribution in [-0.2, 0) is 11.3 Å². The van der Waals surface area contributed by atoms with Crippen LogP contribution >= 0.6 is 0 Å². The normalized spacial score (nSPS) is 32.2. The average Bonchev–Trinajstić information content (AvgIpc) is 3.45. The number of Topliss-reactive ketones (excluding diaryl/α,β-unsaturated/α-hetero) is 1. The molecular weight excluding hydrogens is 617 g/mol. The lowest BCUT2D eigenvalue weighted by Crippen LogP contribution is -2.53. The van der Waals surface area contributed by atoms with E-state index in [1.54, 1.807) is 6.92 Å². The van der Waals surface area contributed by atoms with Crippen LogP contribution in [0.1, 0.15) is 126 Å². The van der Waals surface area contributed by atoms with Gasteiger partial charge in [0.25, 0.3) is 0 Å². The number of aryl methyl sites for hydroxylation is 1. The van der Waals surface area contributed by atoms with Crippen LogP contribution in [0.5, 0.6) is 0 Å². The number of hydrogen-bond donors (Lipinski definition) is 2. The predicted octanol–water partition coefficient (Wildman–Crippen LogP) is 10.5. The molecule has 0 spiro atoms. The second-order valence-corrected chi connectivity index (χ2v) is 17.1. The molecule has 2 aromatic carbocycles. The van der Waals surface area contributed by atoms with Gasteiger partial charge >= 0.3 is 5.97 Å². The molecule has 4 aliphatic rings. The summed E-state index contributed by atoms with van der Waals surface area (Å²) in [5, 5.41) is 13.9. The monoisotopic (exact) mass is 672 g/mol. The zero-order valence-electron chi connectivity index (χ0n) is 30.9. The number of carbonyl (C=O) groups is 2. The third-order valence-electron chi connectivity index (χ3n) is 14.5. The maximum absolute atomic E-state index is 12.6. The van der Waals surface area contributed by atoms with Crippen molar-refractivity contribution >= 4 is 28.3 Å². The fourth-order valence-electron chi connectivity index (χ4n) is 12.0. The Morgan fingerprint density at radius 3 is 2.56 bits per heavy atom. The molecule has 2 N–H and O–H groups in total. The first kappa shape index (κ1) is 34.8. The fraction of sp³-hybridized carbons (Fsp3) is 0.578. The number of ketones is 1. The molecule has 8 unspecified atom stereocenters. The van der Waals surface area contributed by atoms with Crippen LogP contribution in [0, 0.1) is 71.0 Å². The van der Waals surface area contributed by atoms with E-state index in [2.05, 4.69) is 67.2 Å². The topological polar surface area (TPSA) is 79.3 Å². The van der Waals surface area contributed by atoms with Crippen LogP contribution in [0.15, 0.2) is 48.5 Å². The summed E-state index contributed by atoms with van der Waals surface area (Å²) in [4.78, 5) is 28.6. The number of carboxylic acids is 1. The van der Waals surface area contributed by atoms with Crippen molar-refractivity contribution in [1.82, 2.24) is 4.98 Å². The van der Waals surface area contributed by atoms with Gasteiger partial charge in [-0.3, -0.25) is 14.6 Å². The summed E-state index contributed by atoms with van der Waals surface area (Å²) < 4.78 is 0. The summed E-state index contributed by atoms with van der Waals surface area (Å²) in [6.07, 6.45) is 12.9. The van der Waals surface area contributed by atoms with Crippen LogP contribution in [-0.4, -0.2) is 21.8 Å². The van der Waals surface area contributed by atoms with Crippen LogP contribution in [0.2, 0.25) is 0 Å². The summed E-state index contributed by atoms with van der Waals surface area (Å²) in [6.45, 7) is 11.7. The van der Waals surface area contributed by atoms with Gasteiger partial charge in [0.15, 0.2) is 5.78 Å². The summed E-state index contributed by atoms with van der Waals surface area (Å²) in [5.41, 5.74) is 6.18. The van der Waals surface area contributed by atoms with Crippen LogP contribution in [0.3, 0.4) is 0 Å². The Morgan fingerprint density at radius 2 is 1.76 bits per heavy atom. The minimum absolute atomic E-state index is 0.0219. The molecule has 1 aromatic heterocycles. The van der Waals surface area contributed by atoms with Gasteiger partial charge in [0.05, 0.1) is 22.5 Å². The van der Waals surface area contributed by atoms with Crippen molar-refractivity contribution in [1.29, 1.82) is 0 Å². The van der Waals surface area contributed by atoms with Crippen LogP contribution < -0.4 is 5.32 Å². The average molecular weight is 673 g/mol. The van der Waals surface area contributed by atoms with E-state index in [4.69, 9.17) is 0 Å². The Bertz CT molecular complexity index is 1840. The number of aromatic nitrogens is 1. The van der Waals surface area contributed by atoms with Gasteiger partial charge in [-0.2, -0.15) is 0 Å². The van der Waals surface area contributed by atoms with E-state index in [0.29, 0.717) is 47.1 Å². The summed E-state index contributed by atoms with van der Waals surface area (Å²) in [5.74, 6) is 11.6. The number of pyridine rings is 1. The van der Waals surface area contributed by atoms with Gasteiger partial charge in [-0.05, 0) is 148 Å². The number of aliphatic carboxylic acids is 1. The third-order valence-corrected chi connectivity index (χ3v) is 14.5. The highest BCUT2D eigenvalue weighted by atomic mass is 16.4. The van der Waals surface area contributed by atoms with Crippen molar-refractivity contribution in [2.75, 3.05) is 5.32 Å². The Labute approximate surface area is 299 Å². The fourth-order valence-corrected chi connectivity index (χ4v) is 12.0. The molecule has 0 bridgehead atoms. The SMILES string of the molecule is CC(=O)c1c(C)nc2ccccc2c1NCc1cccc(C#CC2CCC3(C)C(CCC4C3CCC3(C)C4CCC3[C@H](C)CCC(=O)O)C2)c1. The van der Waals surface area contributed by atoms with Gasteiger partial charge in [0.1, 0.15) is 0 Å².